The van der Waals surface area contributed by atoms with Crippen molar-refractivity contribution in [3.05, 3.63) is 0 Å². The van der Waals surface area contributed by atoms with Crippen LogP contribution < -0.4 is 5.32 Å². The van der Waals surface area contributed by atoms with Gasteiger partial charge in [-0.25, -0.2) is 0 Å². The average molecular weight is 213 g/mol. The molecule has 1 rings (SSSR count). The first-order valence-corrected chi connectivity index (χ1v) is 5.96. The monoisotopic (exact) mass is 213 g/mol. The van der Waals surface area contributed by atoms with Crippen LogP contribution in [0.1, 0.15) is 39.5 Å². The van der Waals surface area contributed by atoms with Crippen LogP contribution in [0.3, 0.4) is 0 Å². The third-order valence-electron chi connectivity index (χ3n) is 3.46. The topological polar surface area (TPSA) is 38.3 Å². The second-order valence-electron chi connectivity index (χ2n) is 4.67. The summed E-state index contributed by atoms with van der Waals surface area (Å²) in [5.41, 5.74) is 0. The predicted octanol–water partition coefficient (Wildman–Crippen LogP) is 1.96. The number of ether oxygens (including phenoxy) is 1. The lowest BCUT2D eigenvalue weighted by atomic mass is 9.99. The van der Waals surface area contributed by atoms with Gasteiger partial charge in [0.2, 0.25) is 0 Å². The summed E-state index contributed by atoms with van der Waals surface area (Å²) >= 11 is 0. The Hall–Kier alpha value is -0.570. The molecule has 0 aromatic heterocycles. The Morgan fingerprint density at radius 2 is 2.00 bits per heavy atom. The molecule has 1 aliphatic carbocycles. The van der Waals surface area contributed by atoms with Gasteiger partial charge in [-0.05, 0) is 25.7 Å². The second kappa shape index (κ2) is 6.11. The standard InChI is InChI=1S/C12H23NO2/c1-9(12(14)15-3)8-13-10(2)11-6-4-5-7-11/h9-11,13H,4-8H2,1-3H3/t9?,10-/m0/s1. The summed E-state index contributed by atoms with van der Waals surface area (Å²) in [6.07, 6.45) is 5.40. The van der Waals surface area contributed by atoms with Crippen LogP contribution in [0.5, 0.6) is 0 Å². The van der Waals surface area contributed by atoms with Gasteiger partial charge in [0.05, 0.1) is 13.0 Å². The quantitative estimate of drug-likeness (QED) is 0.709. The minimum Gasteiger partial charge on any atom is -0.469 e. The maximum absolute atomic E-state index is 11.2. The molecule has 1 saturated carbocycles. The van der Waals surface area contributed by atoms with Crippen LogP contribution in [0.4, 0.5) is 0 Å². The van der Waals surface area contributed by atoms with E-state index >= 15 is 0 Å². The normalized spacial score (nSPS) is 21.3. The number of esters is 1. The van der Waals surface area contributed by atoms with Gasteiger partial charge in [0, 0.05) is 12.6 Å². The molecule has 1 N–H and O–H groups in total. The molecular weight excluding hydrogens is 190 g/mol. The Morgan fingerprint density at radius 3 is 2.53 bits per heavy atom. The molecule has 88 valence electrons. The van der Waals surface area contributed by atoms with Crippen LogP contribution in [-0.2, 0) is 9.53 Å². The van der Waals surface area contributed by atoms with E-state index < -0.39 is 0 Å². The fourth-order valence-electron chi connectivity index (χ4n) is 2.27. The van der Waals surface area contributed by atoms with Crippen LogP contribution in [0.25, 0.3) is 0 Å². The van der Waals surface area contributed by atoms with E-state index in [4.69, 9.17) is 4.74 Å². The zero-order chi connectivity index (χ0) is 11.3. The Kier molecular flexibility index (Phi) is 5.09. The van der Waals surface area contributed by atoms with Gasteiger partial charge >= 0.3 is 5.97 Å². The third kappa shape index (κ3) is 3.82. The zero-order valence-corrected chi connectivity index (χ0v) is 10.1. The maximum atomic E-state index is 11.2. The SMILES string of the molecule is COC(=O)C(C)CN[C@@H](C)C1CCCC1. The molecular formula is C12H23NO2. The lowest BCUT2D eigenvalue weighted by Crippen LogP contribution is -2.37. The largest absolute Gasteiger partial charge is 0.469 e. The highest BCUT2D eigenvalue weighted by atomic mass is 16.5. The summed E-state index contributed by atoms with van der Waals surface area (Å²) in [6.45, 7) is 4.85. The number of hydrogen-bond acceptors (Lipinski definition) is 3. The predicted molar refractivity (Wildman–Crippen MR) is 60.6 cm³/mol. The average Bonchev–Trinajstić information content (AvgIpc) is 2.77. The molecule has 0 amide bonds. The summed E-state index contributed by atoms with van der Waals surface area (Å²) < 4.78 is 4.69. The van der Waals surface area contributed by atoms with Gasteiger partial charge < -0.3 is 10.1 Å². The van der Waals surface area contributed by atoms with Crippen molar-refractivity contribution in [1.82, 2.24) is 5.32 Å². The molecule has 0 aromatic rings. The van der Waals surface area contributed by atoms with Crippen molar-refractivity contribution >= 4 is 5.97 Å². The Balaban J connectivity index is 2.20. The van der Waals surface area contributed by atoms with Gasteiger partial charge in [-0.15, -0.1) is 0 Å². The van der Waals surface area contributed by atoms with Gasteiger partial charge in [-0.2, -0.15) is 0 Å². The van der Waals surface area contributed by atoms with Crippen LogP contribution >= 0.6 is 0 Å². The lowest BCUT2D eigenvalue weighted by Gasteiger charge is -2.21. The smallest absolute Gasteiger partial charge is 0.309 e. The molecule has 0 saturated heterocycles. The zero-order valence-electron chi connectivity index (χ0n) is 10.1. The lowest BCUT2D eigenvalue weighted by molar-refractivity contribution is -0.144. The number of hydrogen-bond donors (Lipinski definition) is 1. The summed E-state index contributed by atoms with van der Waals surface area (Å²) in [7, 11) is 1.44. The molecule has 15 heavy (non-hydrogen) atoms. The molecule has 1 aliphatic rings. The van der Waals surface area contributed by atoms with Crippen molar-refractivity contribution in [2.24, 2.45) is 11.8 Å². The van der Waals surface area contributed by atoms with E-state index in [1.54, 1.807) is 0 Å². The van der Waals surface area contributed by atoms with Crippen molar-refractivity contribution in [2.45, 2.75) is 45.6 Å². The van der Waals surface area contributed by atoms with E-state index in [1.807, 2.05) is 6.92 Å². The van der Waals surface area contributed by atoms with Crippen LogP contribution in [-0.4, -0.2) is 25.7 Å². The summed E-state index contributed by atoms with van der Waals surface area (Å²) in [5, 5.41) is 3.44. The molecule has 0 heterocycles. The van der Waals surface area contributed by atoms with Crippen LogP contribution in [0.15, 0.2) is 0 Å². The number of rotatable bonds is 5. The second-order valence-corrected chi connectivity index (χ2v) is 4.67. The highest BCUT2D eigenvalue weighted by Gasteiger charge is 2.22. The molecule has 0 radical (unpaired) electrons. The van der Waals surface area contributed by atoms with Gasteiger partial charge in [0.15, 0.2) is 0 Å². The highest BCUT2D eigenvalue weighted by molar-refractivity contribution is 5.72. The van der Waals surface area contributed by atoms with Crippen molar-refractivity contribution in [3.8, 4) is 0 Å². The van der Waals surface area contributed by atoms with Crippen LogP contribution in [0, 0.1) is 11.8 Å². The van der Waals surface area contributed by atoms with Crippen molar-refractivity contribution in [3.63, 3.8) is 0 Å². The first-order valence-electron chi connectivity index (χ1n) is 5.96. The van der Waals surface area contributed by atoms with Gasteiger partial charge in [0.1, 0.15) is 0 Å². The molecule has 1 fully saturated rings. The number of nitrogens with one attached hydrogen (secondary N) is 1. The van der Waals surface area contributed by atoms with E-state index in [2.05, 4.69) is 12.2 Å². The van der Waals surface area contributed by atoms with Gasteiger partial charge in [0.25, 0.3) is 0 Å². The van der Waals surface area contributed by atoms with E-state index in [9.17, 15) is 4.79 Å². The summed E-state index contributed by atoms with van der Waals surface area (Å²) in [5.74, 6) is 0.634. The Labute approximate surface area is 92.6 Å². The maximum Gasteiger partial charge on any atom is 0.309 e. The summed E-state index contributed by atoms with van der Waals surface area (Å²) in [6, 6.07) is 0.527. The van der Waals surface area contributed by atoms with E-state index in [0.717, 1.165) is 12.5 Å². The molecule has 2 atom stereocenters. The van der Waals surface area contributed by atoms with Crippen molar-refractivity contribution in [2.75, 3.05) is 13.7 Å². The molecule has 3 nitrogen and oxygen atoms in total. The number of carbonyl (C=O) groups excluding carboxylic acids is 1. The molecule has 3 heteroatoms. The van der Waals surface area contributed by atoms with Gasteiger partial charge in [-0.3, -0.25) is 4.79 Å². The Bertz CT molecular complexity index is 200. The molecule has 0 bridgehead atoms. The fraction of sp³-hybridized carbons (Fsp3) is 0.917. The van der Waals surface area contributed by atoms with Crippen LogP contribution in [0.2, 0.25) is 0 Å². The highest BCUT2D eigenvalue weighted by Crippen LogP contribution is 2.27. The van der Waals surface area contributed by atoms with E-state index in [0.29, 0.717) is 6.04 Å². The fourth-order valence-corrected chi connectivity index (χ4v) is 2.27. The Morgan fingerprint density at radius 1 is 1.40 bits per heavy atom. The minimum absolute atomic E-state index is 0.0427. The number of methoxy groups -OCH3 is 1. The van der Waals surface area contributed by atoms with Crippen molar-refractivity contribution in [1.29, 1.82) is 0 Å². The molecule has 0 aromatic carbocycles. The molecule has 0 aliphatic heterocycles. The third-order valence-corrected chi connectivity index (χ3v) is 3.46. The molecule has 1 unspecified atom stereocenters. The van der Waals surface area contributed by atoms with Crippen molar-refractivity contribution < 1.29 is 9.53 Å². The summed E-state index contributed by atoms with van der Waals surface area (Å²) in [4.78, 5) is 11.2. The van der Waals surface area contributed by atoms with E-state index in [1.165, 1.54) is 32.8 Å². The molecule has 0 spiro atoms. The first-order chi connectivity index (χ1) is 7.15. The van der Waals surface area contributed by atoms with E-state index in [-0.39, 0.29) is 11.9 Å². The number of carbonyl (C=O) groups is 1. The minimum atomic E-state index is -0.124. The van der Waals surface area contributed by atoms with Gasteiger partial charge in [-0.1, -0.05) is 19.8 Å². The first kappa shape index (κ1) is 12.5.